The number of amides is 3. The second-order valence-corrected chi connectivity index (χ2v) is 5.14. The first-order chi connectivity index (χ1) is 9.40. The van der Waals surface area contributed by atoms with Crippen LogP contribution in [0.5, 0.6) is 0 Å². The maximum absolute atomic E-state index is 12.2. The van der Waals surface area contributed by atoms with Crippen molar-refractivity contribution in [3.63, 3.8) is 0 Å². The largest absolute Gasteiger partial charge is 0.324 e. The van der Waals surface area contributed by atoms with E-state index in [1.165, 1.54) is 0 Å². The molecule has 3 amide bonds. The van der Waals surface area contributed by atoms with Crippen LogP contribution in [0.25, 0.3) is 0 Å². The predicted molar refractivity (Wildman–Crippen MR) is 75.1 cm³/mol. The van der Waals surface area contributed by atoms with Crippen molar-refractivity contribution >= 4 is 23.4 Å². The summed E-state index contributed by atoms with van der Waals surface area (Å²) in [4.78, 5) is 36.5. The summed E-state index contributed by atoms with van der Waals surface area (Å²) < 4.78 is 0. The van der Waals surface area contributed by atoms with Gasteiger partial charge in [0.1, 0.15) is 6.04 Å². The number of benzene rings is 1. The zero-order chi connectivity index (χ0) is 14.9. The average molecular weight is 274 g/mol. The lowest BCUT2D eigenvalue weighted by molar-refractivity contribution is -0.144. The maximum atomic E-state index is 12.2. The van der Waals surface area contributed by atoms with Gasteiger partial charge in [-0.15, -0.1) is 0 Å². The number of carbonyl (C=O) groups excluding carboxylic acids is 3. The summed E-state index contributed by atoms with van der Waals surface area (Å²) in [6.07, 6.45) is 0.389. The SMILES string of the molecule is Cc1ccc(C)c(NC(=O)[C@H](C)N2C(=O)CCC2=O)c1. The lowest BCUT2D eigenvalue weighted by Gasteiger charge is -2.22. The third-order valence-corrected chi connectivity index (χ3v) is 3.51. The highest BCUT2D eigenvalue weighted by atomic mass is 16.2. The molecule has 1 saturated heterocycles. The zero-order valence-electron chi connectivity index (χ0n) is 11.9. The summed E-state index contributed by atoms with van der Waals surface area (Å²) in [7, 11) is 0. The van der Waals surface area contributed by atoms with Crippen LogP contribution in [-0.2, 0) is 14.4 Å². The number of nitrogens with one attached hydrogen (secondary N) is 1. The van der Waals surface area contributed by atoms with Gasteiger partial charge in [0.2, 0.25) is 17.7 Å². The van der Waals surface area contributed by atoms with Crippen molar-refractivity contribution in [3.8, 4) is 0 Å². The lowest BCUT2D eigenvalue weighted by Crippen LogP contribution is -2.45. The van der Waals surface area contributed by atoms with E-state index in [1.807, 2.05) is 32.0 Å². The summed E-state index contributed by atoms with van der Waals surface area (Å²) >= 11 is 0. The van der Waals surface area contributed by atoms with Gasteiger partial charge in [0.15, 0.2) is 0 Å². The van der Waals surface area contributed by atoms with Crippen LogP contribution < -0.4 is 5.32 Å². The topological polar surface area (TPSA) is 66.5 Å². The average Bonchev–Trinajstić information content (AvgIpc) is 2.72. The highest BCUT2D eigenvalue weighted by Gasteiger charge is 2.36. The van der Waals surface area contributed by atoms with Crippen LogP contribution >= 0.6 is 0 Å². The number of carbonyl (C=O) groups is 3. The normalized spacial score (nSPS) is 16.4. The van der Waals surface area contributed by atoms with E-state index in [1.54, 1.807) is 6.92 Å². The van der Waals surface area contributed by atoms with Gasteiger partial charge in [0, 0.05) is 18.5 Å². The highest BCUT2D eigenvalue weighted by molar-refractivity contribution is 6.07. The van der Waals surface area contributed by atoms with Crippen LogP contribution in [0.3, 0.4) is 0 Å². The van der Waals surface area contributed by atoms with E-state index >= 15 is 0 Å². The van der Waals surface area contributed by atoms with Crippen LogP contribution in [-0.4, -0.2) is 28.7 Å². The van der Waals surface area contributed by atoms with Gasteiger partial charge in [-0.25, -0.2) is 0 Å². The van der Waals surface area contributed by atoms with Crippen molar-refractivity contribution in [3.05, 3.63) is 29.3 Å². The number of aryl methyl sites for hydroxylation is 2. The Kier molecular flexibility index (Phi) is 3.88. The minimum Gasteiger partial charge on any atom is -0.324 e. The molecule has 0 radical (unpaired) electrons. The number of hydrogen-bond acceptors (Lipinski definition) is 3. The third-order valence-electron chi connectivity index (χ3n) is 3.51. The van der Waals surface area contributed by atoms with E-state index in [0.29, 0.717) is 5.69 Å². The highest BCUT2D eigenvalue weighted by Crippen LogP contribution is 2.19. The molecule has 106 valence electrons. The number of hydrogen-bond donors (Lipinski definition) is 1. The van der Waals surface area contributed by atoms with E-state index in [2.05, 4.69) is 5.32 Å². The zero-order valence-corrected chi connectivity index (χ0v) is 11.9. The van der Waals surface area contributed by atoms with E-state index in [-0.39, 0.29) is 30.6 Å². The summed E-state index contributed by atoms with van der Waals surface area (Å²) in [6, 6.07) is 4.97. The molecule has 5 nitrogen and oxygen atoms in total. The second kappa shape index (κ2) is 5.45. The van der Waals surface area contributed by atoms with Crippen molar-refractivity contribution in [2.75, 3.05) is 5.32 Å². The van der Waals surface area contributed by atoms with E-state index in [9.17, 15) is 14.4 Å². The summed E-state index contributed by atoms with van der Waals surface area (Å²) in [6.45, 7) is 5.40. The Morgan fingerprint density at radius 3 is 2.40 bits per heavy atom. The molecule has 5 heteroatoms. The molecule has 1 aromatic carbocycles. The predicted octanol–water partition coefficient (Wildman–Crippen LogP) is 1.78. The van der Waals surface area contributed by atoms with Gasteiger partial charge >= 0.3 is 0 Å². The molecule has 1 atom stereocenters. The van der Waals surface area contributed by atoms with Crippen molar-refractivity contribution in [2.45, 2.75) is 39.7 Å². The smallest absolute Gasteiger partial charge is 0.247 e. The monoisotopic (exact) mass is 274 g/mol. The molecular weight excluding hydrogens is 256 g/mol. The number of imide groups is 1. The molecule has 0 saturated carbocycles. The second-order valence-electron chi connectivity index (χ2n) is 5.14. The van der Waals surface area contributed by atoms with E-state index in [4.69, 9.17) is 0 Å². The van der Waals surface area contributed by atoms with E-state index in [0.717, 1.165) is 16.0 Å². The molecule has 1 N–H and O–H groups in total. The van der Waals surface area contributed by atoms with Gasteiger partial charge in [0.25, 0.3) is 0 Å². The fraction of sp³-hybridized carbons (Fsp3) is 0.400. The molecule has 1 heterocycles. The molecule has 0 bridgehead atoms. The van der Waals surface area contributed by atoms with Crippen molar-refractivity contribution in [2.24, 2.45) is 0 Å². The van der Waals surface area contributed by atoms with Crippen LogP contribution in [0.15, 0.2) is 18.2 Å². The Bertz CT molecular complexity index is 564. The minimum absolute atomic E-state index is 0.194. The molecule has 2 rings (SSSR count). The molecule has 0 unspecified atom stereocenters. The number of nitrogens with zero attached hydrogens (tertiary/aromatic N) is 1. The van der Waals surface area contributed by atoms with Crippen LogP contribution in [0.1, 0.15) is 30.9 Å². The third kappa shape index (κ3) is 2.71. The first-order valence-electron chi connectivity index (χ1n) is 6.63. The van der Waals surface area contributed by atoms with Crippen molar-refractivity contribution in [1.29, 1.82) is 0 Å². The van der Waals surface area contributed by atoms with E-state index < -0.39 is 6.04 Å². The first-order valence-corrected chi connectivity index (χ1v) is 6.63. The van der Waals surface area contributed by atoms with Crippen LogP contribution in [0, 0.1) is 13.8 Å². The lowest BCUT2D eigenvalue weighted by atomic mass is 10.1. The number of anilines is 1. The molecule has 1 fully saturated rings. The van der Waals surface area contributed by atoms with Crippen LogP contribution in [0.4, 0.5) is 5.69 Å². The Balaban J connectivity index is 2.13. The molecule has 1 aliphatic heterocycles. The molecule has 0 spiro atoms. The Morgan fingerprint density at radius 1 is 1.20 bits per heavy atom. The summed E-state index contributed by atoms with van der Waals surface area (Å²) in [5.74, 6) is -0.903. The molecule has 1 aliphatic rings. The maximum Gasteiger partial charge on any atom is 0.247 e. The Labute approximate surface area is 118 Å². The Morgan fingerprint density at radius 2 is 1.80 bits per heavy atom. The van der Waals surface area contributed by atoms with Crippen molar-refractivity contribution < 1.29 is 14.4 Å². The molecule has 20 heavy (non-hydrogen) atoms. The van der Waals surface area contributed by atoms with Gasteiger partial charge in [-0.2, -0.15) is 0 Å². The number of rotatable bonds is 3. The molecule has 0 aromatic heterocycles. The quantitative estimate of drug-likeness (QED) is 0.854. The summed E-state index contributed by atoms with van der Waals surface area (Å²) in [5.41, 5.74) is 2.68. The Hall–Kier alpha value is -2.17. The van der Waals surface area contributed by atoms with Gasteiger partial charge in [-0.1, -0.05) is 12.1 Å². The van der Waals surface area contributed by atoms with Gasteiger partial charge in [0.05, 0.1) is 0 Å². The fourth-order valence-electron chi connectivity index (χ4n) is 2.25. The standard InChI is InChI=1S/C15H18N2O3/c1-9-4-5-10(2)12(8-9)16-15(20)11(3)17-13(18)6-7-14(17)19/h4-5,8,11H,6-7H2,1-3H3,(H,16,20)/t11-/m0/s1. The van der Waals surface area contributed by atoms with Gasteiger partial charge < -0.3 is 5.32 Å². The number of likely N-dealkylation sites (tertiary alicyclic amines) is 1. The molecule has 0 aliphatic carbocycles. The van der Waals surface area contributed by atoms with Gasteiger partial charge in [-0.05, 0) is 38.0 Å². The first kappa shape index (κ1) is 14.2. The molecule has 1 aromatic rings. The van der Waals surface area contributed by atoms with Gasteiger partial charge in [-0.3, -0.25) is 19.3 Å². The minimum atomic E-state index is -0.780. The van der Waals surface area contributed by atoms with Crippen LogP contribution in [0.2, 0.25) is 0 Å². The van der Waals surface area contributed by atoms with Crippen molar-refractivity contribution in [1.82, 2.24) is 4.90 Å². The fourth-order valence-corrected chi connectivity index (χ4v) is 2.25. The molecular formula is C15H18N2O3. The summed E-state index contributed by atoms with van der Waals surface area (Å²) in [5, 5.41) is 2.78.